The summed E-state index contributed by atoms with van der Waals surface area (Å²) >= 11 is 3.56. The largest absolute Gasteiger partial charge is 0.493 e. The van der Waals surface area contributed by atoms with E-state index < -0.39 is 0 Å². The minimum Gasteiger partial charge on any atom is -0.493 e. The zero-order valence-electron chi connectivity index (χ0n) is 20.4. The quantitative estimate of drug-likeness (QED) is 0.285. The molecule has 4 rings (SSSR count). The van der Waals surface area contributed by atoms with Crippen LogP contribution in [0.4, 0.5) is 5.69 Å². The minimum atomic E-state index is -0.268. The van der Waals surface area contributed by atoms with Crippen molar-refractivity contribution in [1.29, 1.82) is 5.26 Å². The summed E-state index contributed by atoms with van der Waals surface area (Å²) < 4.78 is 12.3. The molecular formula is C29H28BrN3O3. The maximum absolute atomic E-state index is 13.1. The second-order valence-corrected chi connectivity index (χ2v) is 9.44. The lowest BCUT2D eigenvalue weighted by Crippen LogP contribution is -2.49. The lowest BCUT2D eigenvalue weighted by molar-refractivity contribution is -0.126. The van der Waals surface area contributed by atoms with E-state index in [1.54, 1.807) is 30.2 Å². The number of aryl methyl sites for hydroxylation is 1. The van der Waals surface area contributed by atoms with Crippen LogP contribution >= 0.6 is 15.9 Å². The number of hydrogen-bond donors (Lipinski definition) is 0. The number of ether oxygens (including phenoxy) is 2. The first-order valence-electron chi connectivity index (χ1n) is 11.8. The molecule has 1 aliphatic heterocycles. The van der Waals surface area contributed by atoms with Crippen LogP contribution in [0, 0.1) is 18.3 Å². The third-order valence-corrected chi connectivity index (χ3v) is 6.79. The number of carbonyl (C=O) groups is 1. The Hall–Kier alpha value is -3.76. The molecule has 1 fully saturated rings. The highest BCUT2D eigenvalue weighted by atomic mass is 79.9. The monoisotopic (exact) mass is 545 g/mol. The molecule has 0 aromatic heterocycles. The molecule has 0 radical (unpaired) electrons. The molecule has 1 heterocycles. The first kappa shape index (κ1) is 25.3. The molecule has 1 amide bonds. The molecule has 7 heteroatoms. The van der Waals surface area contributed by atoms with Gasteiger partial charge in [-0.05, 0) is 48.4 Å². The molecule has 0 N–H and O–H groups in total. The van der Waals surface area contributed by atoms with Crippen LogP contribution in [0.25, 0.3) is 6.08 Å². The lowest BCUT2D eigenvalue weighted by Gasteiger charge is -2.36. The second kappa shape index (κ2) is 11.8. The van der Waals surface area contributed by atoms with E-state index >= 15 is 0 Å². The number of nitrogens with zero attached hydrogens (tertiary/aromatic N) is 3. The highest BCUT2D eigenvalue weighted by Crippen LogP contribution is 2.35. The first-order valence-corrected chi connectivity index (χ1v) is 12.5. The van der Waals surface area contributed by atoms with Crippen LogP contribution < -0.4 is 14.4 Å². The lowest BCUT2D eigenvalue weighted by atomic mass is 10.1. The summed E-state index contributed by atoms with van der Waals surface area (Å²) in [6, 6.07) is 23.9. The van der Waals surface area contributed by atoms with Crippen LogP contribution in [0.2, 0.25) is 0 Å². The number of methoxy groups -OCH3 is 1. The van der Waals surface area contributed by atoms with Crippen molar-refractivity contribution in [1.82, 2.24) is 4.90 Å². The molecule has 0 bridgehead atoms. The fourth-order valence-corrected chi connectivity index (χ4v) is 4.61. The number of carbonyl (C=O) groups excluding carboxylic acids is 1. The molecule has 6 nitrogen and oxygen atoms in total. The summed E-state index contributed by atoms with van der Waals surface area (Å²) in [7, 11) is 1.57. The van der Waals surface area contributed by atoms with Gasteiger partial charge >= 0.3 is 0 Å². The predicted molar refractivity (Wildman–Crippen MR) is 145 cm³/mol. The van der Waals surface area contributed by atoms with Gasteiger partial charge in [0.15, 0.2) is 11.5 Å². The normalized spacial score (nSPS) is 13.8. The number of anilines is 1. The van der Waals surface area contributed by atoms with Gasteiger partial charge in [-0.25, -0.2) is 0 Å². The number of amides is 1. The van der Waals surface area contributed by atoms with E-state index in [-0.39, 0.29) is 11.5 Å². The van der Waals surface area contributed by atoms with Gasteiger partial charge in [-0.15, -0.1) is 0 Å². The van der Waals surface area contributed by atoms with Gasteiger partial charge in [0.05, 0.1) is 7.11 Å². The van der Waals surface area contributed by atoms with Crippen molar-refractivity contribution in [3.63, 3.8) is 0 Å². The van der Waals surface area contributed by atoms with Crippen LogP contribution in [0.3, 0.4) is 0 Å². The smallest absolute Gasteiger partial charge is 0.264 e. The number of para-hydroxylation sites is 1. The van der Waals surface area contributed by atoms with Crippen molar-refractivity contribution in [2.75, 3.05) is 38.2 Å². The SMILES string of the molecule is COc1cc(/C=C(/C#N)C(=O)N2CCN(c3ccccc3)CC2)c(Br)cc1OCc1cccc(C)c1. The van der Waals surface area contributed by atoms with Gasteiger partial charge in [0.2, 0.25) is 0 Å². The van der Waals surface area contributed by atoms with E-state index in [2.05, 4.69) is 45.1 Å². The van der Waals surface area contributed by atoms with Crippen LogP contribution in [0.15, 0.2) is 76.8 Å². The molecule has 36 heavy (non-hydrogen) atoms. The Bertz CT molecular complexity index is 1290. The van der Waals surface area contributed by atoms with Gasteiger partial charge in [0, 0.05) is 36.3 Å². The fourth-order valence-electron chi connectivity index (χ4n) is 4.17. The molecule has 3 aromatic rings. The molecule has 184 valence electrons. The van der Waals surface area contributed by atoms with Crippen molar-refractivity contribution in [2.24, 2.45) is 0 Å². The zero-order chi connectivity index (χ0) is 25.5. The van der Waals surface area contributed by atoms with Gasteiger partial charge < -0.3 is 19.3 Å². The molecule has 0 unspecified atom stereocenters. The van der Waals surface area contributed by atoms with Crippen molar-refractivity contribution in [3.05, 3.63) is 93.5 Å². The summed E-state index contributed by atoms with van der Waals surface area (Å²) in [6.07, 6.45) is 1.60. The van der Waals surface area contributed by atoms with Crippen LogP contribution in [0.5, 0.6) is 11.5 Å². The first-order chi connectivity index (χ1) is 17.5. The van der Waals surface area contributed by atoms with Gasteiger partial charge in [0.25, 0.3) is 5.91 Å². The van der Waals surface area contributed by atoms with Gasteiger partial charge in [-0.2, -0.15) is 5.26 Å². The third kappa shape index (κ3) is 6.07. The van der Waals surface area contributed by atoms with E-state index in [0.717, 1.165) is 24.3 Å². The number of halogens is 1. The van der Waals surface area contributed by atoms with Crippen LogP contribution in [0.1, 0.15) is 16.7 Å². The van der Waals surface area contributed by atoms with Crippen molar-refractivity contribution in [3.8, 4) is 17.6 Å². The topological polar surface area (TPSA) is 65.8 Å². The molecule has 3 aromatic carbocycles. The zero-order valence-corrected chi connectivity index (χ0v) is 22.0. The van der Waals surface area contributed by atoms with Gasteiger partial charge in [0.1, 0.15) is 18.2 Å². The Morgan fingerprint density at radius 3 is 2.44 bits per heavy atom. The number of rotatable bonds is 7. The summed E-state index contributed by atoms with van der Waals surface area (Å²) in [5.74, 6) is 0.832. The summed E-state index contributed by atoms with van der Waals surface area (Å²) in [5.41, 5.74) is 4.12. The maximum atomic E-state index is 13.1. The summed E-state index contributed by atoms with van der Waals surface area (Å²) in [4.78, 5) is 17.1. The summed E-state index contributed by atoms with van der Waals surface area (Å²) in [6.45, 7) is 5.00. The molecule has 0 atom stereocenters. The van der Waals surface area contributed by atoms with Crippen molar-refractivity contribution >= 4 is 33.6 Å². The molecular weight excluding hydrogens is 518 g/mol. The van der Waals surface area contributed by atoms with E-state index in [1.807, 2.05) is 43.3 Å². The Kier molecular flexibility index (Phi) is 8.29. The van der Waals surface area contributed by atoms with Crippen molar-refractivity contribution < 1.29 is 14.3 Å². The van der Waals surface area contributed by atoms with Gasteiger partial charge in [-0.1, -0.05) is 64.0 Å². The Morgan fingerprint density at radius 1 is 1.03 bits per heavy atom. The predicted octanol–water partition coefficient (Wildman–Crippen LogP) is 5.60. The molecule has 1 saturated heterocycles. The summed E-state index contributed by atoms with van der Waals surface area (Å²) in [5, 5.41) is 9.78. The van der Waals surface area contributed by atoms with Crippen molar-refractivity contribution in [2.45, 2.75) is 13.5 Å². The Balaban J connectivity index is 1.47. The Morgan fingerprint density at radius 2 is 1.78 bits per heavy atom. The number of piperazine rings is 1. The number of hydrogen-bond acceptors (Lipinski definition) is 5. The number of benzene rings is 3. The van der Waals surface area contributed by atoms with E-state index in [9.17, 15) is 10.1 Å². The highest BCUT2D eigenvalue weighted by Gasteiger charge is 2.24. The average molecular weight is 546 g/mol. The van der Waals surface area contributed by atoms with E-state index in [1.165, 1.54) is 5.56 Å². The highest BCUT2D eigenvalue weighted by molar-refractivity contribution is 9.10. The standard InChI is InChI=1S/C29H28BrN3O3/c1-21-7-6-8-22(15-21)20-36-28-18-26(30)23(17-27(28)35-2)16-24(19-31)29(34)33-13-11-32(12-14-33)25-9-4-3-5-10-25/h3-10,15-18H,11-14,20H2,1-2H3/b24-16-. The molecule has 0 spiro atoms. The van der Waals surface area contributed by atoms with E-state index in [0.29, 0.717) is 41.2 Å². The van der Waals surface area contributed by atoms with E-state index in [4.69, 9.17) is 9.47 Å². The van der Waals surface area contributed by atoms with Crippen LogP contribution in [-0.2, 0) is 11.4 Å². The molecule has 0 aliphatic carbocycles. The molecule has 0 saturated carbocycles. The maximum Gasteiger partial charge on any atom is 0.264 e. The second-order valence-electron chi connectivity index (χ2n) is 8.59. The van der Waals surface area contributed by atoms with Crippen LogP contribution in [-0.4, -0.2) is 44.1 Å². The number of nitriles is 1. The molecule has 1 aliphatic rings. The minimum absolute atomic E-state index is 0.0827. The fraction of sp³-hybridized carbons (Fsp3) is 0.241. The third-order valence-electron chi connectivity index (χ3n) is 6.10. The van der Waals surface area contributed by atoms with Gasteiger partial charge in [-0.3, -0.25) is 4.79 Å². The average Bonchev–Trinajstić information content (AvgIpc) is 2.91. The Labute approximate surface area is 220 Å².